The highest BCUT2D eigenvalue weighted by Crippen LogP contribution is 2.32. The number of nitrogens with zero attached hydrogens (tertiary/aromatic N) is 5. The van der Waals surface area contributed by atoms with E-state index in [1.807, 2.05) is 22.7 Å². The van der Waals surface area contributed by atoms with Gasteiger partial charge in [0.05, 0.1) is 23.8 Å². The Hall–Kier alpha value is -2.18. The maximum absolute atomic E-state index is 13.0. The topological polar surface area (TPSA) is 77.1 Å². The van der Waals surface area contributed by atoms with Gasteiger partial charge in [-0.05, 0) is 25.7 Å². The molecule has 3 heterocycles. The zero-order valence-corrected chi connectivity index (χ0v) is 14.7. The molecule has 1 aliphatic carbocycles. The third-order valence-electron chi connectivity index (χ3n) is 5.40. The molecule has 1 aliphatic heterocycles. The first-order valence-electron chi connectivity index (χ1n) is 9.44. The third-order valence-corrected chi connectivity index (χ3v) is 5.40. The summed E-state index contributed by atoms with van der Waals surface area (Å²) in [7, 11) is 0. The number of carbonyl (C=O) groups excluding carboxylic acids is 1. The number of carbonyl (C=O) groups is 1. The number of hydrogen-bond donors (Lipinski definition) is 0. The Morgan fingerprint density at radius 1 is 1.24 bits per heavy atom. The van der Waals surface area contributed by atoms with E-state index in [2.05, 4.69) is 15.2 Å². The maximum Gasteiger partial charge on any atom is 0.257 e. The van der Waals surface area contributed by atoms with Gasteiger partial charge in [-0.3, -0.25) is 9.48 Å². The fraction of sp³-hybridized carbons (Fsp3) is 0.667. The van der Waals surface area contributed by atoms with Crippen LogP contribution < -0.4 is 0 Å². The molecule has 7 nitrogen and oxygen atoms in total. The molecule has 4 rings (SSSR count). The Balaban J connectivity index is 1.50. The fourth-order valence-corrected chi connectivity index (χ4v) is 3.98. The number of aromatic nitrogens is 4. The molecule has 2 aliphatic rings. The highest BCUT2D eigenvalue weighted by Gasteiger charge is 2.34. The first-order chi connectivity index (χ1) is 12.3. The second-order valence-electron chi connectivity index (χ2n) is 7.06. The van der Waals surface area contributed by atoms with E-state index in [1.54, 1.807) is 6.20 Å². The zero-order valence-electron chi connectivity index (χ0n) is 14.7. The lowest BCUT2D eigenvalue weighted by Crippen LogP contribution is -2.31. The number of amides is 1. The highest BCUT2D eigenvalue weighted by atomic mass is 16.5. The van der Waals surface area contributed by atoms with Crippen LogP contribution in [0.1, 0.15) is 86.0 Å². The average Bonchev–Trinajstić information content (AvgIpc) is 3.41. The summed E-state index contributed by atoms with van der Waals surface area (Å²) in [5, 5.41) is 8.54. The SMILES string of the molecule is CCc1nc(C2CCCN2C(=O)c2cnn(C3CCCCC3)c2)no1. The van der Waals surface area contributed by atoms with Crippen LogP contribution in [0.25, 0.3) is 0 Å². The Labute approximate surface area is 147 Å². The van der Waals surface area contributed by atoms with Crippen molar-refractivity contribution in [3.05, 3.63) is 29.7 Å². The van der Waals surface area contributed by atoms with Crippen LogP contribution in [0, 0.1) is 0 Å². The predicted molar refractivity (Wildman–Crippen MR) is 91.0 cm³/mol. The van der Waals surface area contributed by atoms with Gasteiger partial charge >= 0.3 is 0 Å². The van der Waals surface area contributed by atoms with Crippen LogP contribution in [0.3, 0.4) is 0 Å². The lowest BCUT2D eigenvalue weighted by molar-refractivity contribution is 0.0728. The van der Waals surface area contributed by atoms with Crippen molar-refractivity contribution in [3.63, 3.8) is 0 Å². The van der Waals surface area contributed by atoms with Crippen LogP contribution in [0.15, 0.2) is 16.9 Å². The van der Waals surface area contributed by atoms with Crippen LogP contribution in [-0.4, -0.2) is 37.3 Å². The van der Waals surface area contributed by atoms with Crippen molar-refractivity contribution in [1.82, 2.24) is 24.8 Å². The van der Waals surface area contributed by atoms with Crippen molar-refractivity contribution < 1.29 is 9.32 Å². The van der Waals surface area contributed by atoms with Gasteiger partial charge in [-0.1, -0.05) is 31.3 Å². The molecule has 1 atom stereocenters. The van der Waals surface area contributed by atoms with Crippen LogP contribution in [0.2, 0.25) is 0 Å². The average molecular weight is 343 g/mol. The summed E-state index contributed by atoms with van der Waals surface area (Å²) in [6.07, 6.45) is 12.3. The second kappa shape index (κ2) is 6.98. The molecule has 0 spiro atoms. The van der Waals surface area contributed by atoms with Gasteiger partial charge in [-0.2, -0.15) is 10.1 Å². The van der Waals surface area contributed by atoms with Crippen molar-refractivity contribution in [1.29, 1.82) is 0 Å². The second-order valence-corrected chi connectivity index (χ2v) is 7.06. The van der Waals surface area contributed by atoms with E-state index in [9.17, 15) is 4.79 Å². The molecule has 2 aromatic rings. The number of likely N-dealkylation sites (tertiary alicyclic amines) is 1. The fourth-order valence-electron chi connectivity index (χ4n) is 3.98. The summed E-state index contributed by atoms with van der Waals surface area (Å²) in [5.74, 6) is 1.27. The van der Waals surface area contributed by atoms with Crippen LogP contribution >= 0.6 is 0 Å². The van der Waals surface area contributed by atoms with E-state index in [-0.39, 0.29) is 11.9 Å². The summed E-state index contributed by atoms with van der Waals surface area (Å²) < 4.78 is 7.22. The first kappa shape index (κ1) is 16.3. The molecule has 25 heavy (non-hydrogen) atoms. The largest absolute Gasteiger partial charge is 0.339 e. The Morgan fingerprint density at radius 2 is 2.08 bits per heavy atom. The standard InChI is InChI=1S/C18H25N5O2/c1-2-16-20-17(21-25-16)15-9-6-10-22(15)18(24)13-11-19-23(12-13)14-7-4-3-5-8-14/h11-12,14-15H,2-10H2,1H3. The normalized spacial score (nSPS) is 21.8. The number of rotatable bonds is 4. The minimum absolute atomic E-state index is 0.0207. The van der Waals surface area contributed by atoms with E-state index in [1.165, 1.54) is 19.3 Å². The van der Waals surface area contributed by atoms with Gasteiger partial charge in [-0.25, -0.2) is 0 Å². The minimum atomic E-state index is -0.0884. The molecule has 2 fully saturated rings. The molecule has 7 heteroatoms. The molecule has 0 aromatic carbocycles. The number of aryl methyl sites for hydroxylation is 1. The summed E-state index contributed by atoms with van der Waals surface area (Å²) in [5.41, 5.74) is 0.664. The van der Waals surface area contributed by atoms with E-state index in [4.69, 9.17) is 4.52 Å². The van der Waals surface area contributed by atoms with E-state index >= 15 is 0 Å². The molecule has 1 amide bonds. The third kappa shape index (κ3) is 3.19. The van der Waals surface area contributed by atoms with Crippen molar-refractivity contribution >= 4 is 5.91 Å². The molecule has 0 bridgehead atoms. The predicted octanol–water partition coefficient (Wildman–Crippen LogP) is 3.31. The van der Waals surface area contributed by atoms with E-state index < -0.39 is 0 Å². The quantitative estimate of drug-likeness (QED) is 0.851. The molecule has 0 radical (unpaired) electrons. The molecule has 1 unspecified atom stereocenters. The van der Waals surface area contributed by atoms with Gasteiger partial charge in [0.25, 0.3) is 5.91 Å². The molecule has 1 saturated carbocycles. The molecular formula is C18H25N5O2. The summed E-state index contributed by atoms with van der Waals surface area (Å²) in [6.45, 7) is 2.71. The van der Waals surface area contributed by atoms with E-state index in [0.717, 1.165) is 32.2 Å². The molecule has 1 saturated heterocycles. The lowest BCUT2D eigenvalue weighted by Gasteiger charge is -2.22. The smallest absolute Gasteiger partial charge is 0.257 e. The van der Waals surface area contributed by atoms with Gasteiger partial charge in [0.2, 0.25) is 5.89 Å². The van der Waals surface area contributed by atoms with Crippen molar-refractivity contribution in [2.45, 2.75) is 70.4 Å². The van der Waals surface area contributed by atoms with Gasteiger partial charge in [0, 0.05) is 19.2 Å². The van der Waals surface area contributed by atoms with E-state index in [0.29, 0.717) is 29.7 Å². The Kier molecular flexibility index (Phi) is 4.55. The van der Waals surface area contributed by atoms with Gasteiger partial charge in [0.1, 0.15) is 0 Å². The van der Waals surface area contributed by atoms with Crippen LogP contribution in [-0.2, 0) is 6.42 Å². The van der Waals surface area contributed by atoms with Crippen molar-refractivity contribution in [3.8, 4) is 0 Å². The highest BCUT2D eigenvalue weighted by molar-refractivity contribution is 5.94. The molecular weight excluding hydrogens is 318 g/mol. The van der Waals surface area contributed by atoms with Crippen molar-refractivity contribution in [2.75, 3.05) is 6.54 Å². The van der Waals surface area contributed by atoms with Crippen LogP contribution in [0.4, 0.5) is 0 Å². The molecule has 134 valence electrons. The Morgan fingerprint density at radius 3 is 2.84 bits per heavy atom. The summed E-state index contributed by atoms with van der Waals surface area (Å²) in [6, 6.07) is 0.351. The number of hydrogen-bond acceptors (Lipinski definition) is 5. The first-order valence-corrected chi connectivity index (χ1v) is 9.44. The summed E-state index contributed by atoms with van der Waals surface area (Å²) >= 11 is 0. The summed E-state index contributed by atoms with van der Waals surface area (Å²) in [4.78, 5) is 19.3. The van der Waals surface area contributed by atoms with Crippen LogP contribution in [0.5, 0.6) is 0 Å². The van der Waals surface area contributed by atoms with Crippen molar-refractivity contribution in [2.24, 2.45) is 0 Å². The maximum atomic E-state index is 13.0. The van der Waals surface area contributed by atoms with Gasteiger partial charge < -0.3 is 9.42 Å². The molecule has 2 aromatic heterocycles. The molecule has 0 N–H and O–H groups in total. The Bertz CT molecular complexity index is 731. The monoisotopic (exact) mass is 343 g/mol. The minimum Gasteiger partial charge on any atom is -0.339 e. The lowest BCUT2D eigenvalue weighted by atomic mass is 9.96. The zero-order chi connectivity index (χ0) is 17.2. The van der Waals surface area contributed by atoms with Gasteiger partial charge in [-0.15, -0.1) is 0 Å². The van der Waals surface area contributed by atoms with Gasteiger partial charge in [0.15, 0.2) is 5.82 Å².